The molecule has 0 unspecified atom stereocenters. The maximum absolute atomic E-state index is 13.3. The van der Waals surface area contributed by atoms with Gasteiger partial charge in [-0.05, 0) is 61.1 Å². The van der Waals surface area contributed by atoms with Crippen LogP contribution in [0.2, 0.25) is 0 Å². The maximum Gasteiger partial charge on any atom is 0.253 e. The number of benzene rings is 2. The lowest BCUT2D eigenvalue weighted by atomic mass is 9.74. The fraction of sp³-hybridized carbons (Fsp3) is 0.533. The van der Waals surface area contributed by atoms with Gasteiger partial charge in [0.05, 0.1) is 6.61 Å². The predicted octanol–water partition coefficient (Wildman–Crippen LogP) is 4.00. The molecule has 0 aromatic heterocycles. The Bertz CT molecular complexity index is 1060. The summed E-state index contributed by atoms with van der Waals surface area (Å²) < 4.78 is 0. The van der Waals surface area contributed by atoms with E-state index in [-0.39, 0.29) is 36.4 Å². The van der Waals surface area contributed by atoms with Gasteiger partial charge in [-0.3, -0.25) is 14.5 Å². The molecule has 0 bridgehead atoms. The Kier molecular flexibility index (Phi) is 7.44. The highest BCUT2D eigenvalue weighted by Gasteiger charge is 2.49. The van der Waals surface area contributed by atoms with Gasteiger partial charge in [0.15, 0.2) is 0 Å². The molecule has 0 radical (unpaired) electrons. The van der Waals surface area contributed by atoms with Crippen molar-refractivity contribution in [3.63, 3.8) is 0 Å². The summed E-state index contributed by atoms with van der Waals surface area (Å²) in [5.41, 5.74) is 4.09. The quantitative estimate of drug-likeness (QED) is 0.690. The minimum absolute atomic E-state index is 0.00105. The molecule has 2 aromatic rings. The van der Waals surface area contributed by atoms with E-state index in [0.717, 1.165) is 56.4 Å². The van der Waals surface area contributed by atoms with Gasteiger partial charge < -0.3 is 14.9 Å². The van der Waals surface area contributed by atoms with Crippen molar-refractivity contribution in [2.45, 2.75) is 56.5 Å². The molecule has 2 saturated heterocycles. The number of rotatable bonds is 5. The van der Waals surface area contributed by atoms with E-state index in [1.54, 1.807) is 19.0 Å². The van der Waals surface area contributed by atoms with Crippen LogP contribution in [-0.2, 0) is 4.79 Å². The minimum atomic E-state index is 0.00105. The Hall–Kier alpha value is -2.70. The molecule has 3 fully saturated rings. The summed E-state index contributed by atoms with van der Waals surface area (Å²) in [4.78, 5) is 31.6. The number of fused-ring (bicyclic) bond motifs is 1. The van der Waals surface area contributed by atoms with Crippen molar-refractivity contribution in [2.75, 3.05) is 40.3 Å². The number of aliphatic hydroxyl groups is 1. The lowest BCUT2D eigenvalue weighted by Crippen LogP contribution is -2.68. The van der Waals surface area contributed by atoms with E-state index in [9.17, 15) is 14.7 Å². The average molecular weight is 490 g/mol. The number of nitrogens with zero attached hydrogens (tertiary/aromatic N) is 3. The van der Waals surface area contributed by atoms with Crippen molar-refractivity contribution in [1.82, 2.24) is 14.7 Å². The molecule has 1 aliphatic carbocycles. The first-order chi connectivity index (χ1) is 17.5. The normalized spacial score (nSPS) is 25.0. The van der Waals surface area contributed by atoms with Crippen molar-refractivity contribution in [3.8, 4) is 11.1 Å². The standard InChI is InChI=1S/C30H39N3O3/c1-31(2)29(35)25-15-11-22(12-16-25)21-9-13-23(14-10-21)28-26-19-32(30(36)24-7-3-4-8-24)17-5-6-18-33(26)27(28)20-34/h9-16,24,26-28,34H,3-8,17-20H2,1-2H3/t26-,27-,28-/m1/s1. The highest BCUT2D eigenvalue weighted by Crippen LogP contribution is 2.42. The van der Waals surface area contributed by atoms with Gasteiger partial charge >= 0.3 is 0 Å². The van der Waals surface area contributed by atoms with Crippen LogP contribution in [0.15, 0.2) is 48.5 Å². The van der Waals surface area contributed by atoms with Crippen LogP contribution >= 0.6 is 0 Å². The van der Waals surface area contributed by atoms with Crippen LogP contribution in [0, 0.1) is 5.92 Å². The van der Waals surface area contributed by atoms with E-state index >= 15 is 0 Å². The van der Waals surface area contributed by atoms with Gasteiger partial charge in [-0.1, -0.05) is 49.2 Å². The van der Waals surface area contributed by atoms with Crippen LogP contribution in [0.1, 0.15) is 60.4 Å². The van der Waals surface area contributed by atoms with E-state index in [4.69, 9.17) is 0 Å². The highest BCUT2D eigenvalue weighted by molar-refractivity contribution is 5.94. The molecule has 2 aromatic carbocycles. The van der Waals surface area contributed by atoms with Gasteiger partial charge in [0, 0.05) is 56.7 Å². The number of carbonyl (C=O) groups is 2. The predicted molar refractivity (Wildman–Crippen MR) is 142 cm³/mol. The molecule has 5 rings (SSSR count). The monoisotopic (exact) mass is 489 g/mol. The third-order valence-electron chi connectivity index (χ3n) is 8.55. The fourth-order valence-corrected chi connectivity index (χ4v) is 6.53. The molecule has 0 spiro atoms. The summed E-state index contributed by atoms with van der Waals surface area (Å²) in [7, 11) is 3.52. The van der Waals surface area contributed by atoms with Crippen molar-refractivity contribution in [1.29, 1.82) is 0 Å². The highest BCUT2D eigenvalue weighted by atomic mass is 16.3. The fourth-order valence-electron chi connectivity index (χ4n) is 6.53. The Balaban J connectivity index is 1.33. The van der Waals surface area contributed by atoms with E-state index in [1.165, 1.54) is 18.4 Å². The SMILES string of the molecule is CN(C)C(=O)c1ccc(-c2ccc([C@H]3[C@@H](CO)N4CCCCN(C(=O)C5CCCC5)C[C@H]34)cc2)cc1. The molecule has 1 N–H and O–H groups in total. The molecule has 36 heavy (non-hydrogen) atoms. The first-order valence-corrected chi connectivity index (χ1v) is 13.6. The summed E-state index contributed by atoms with van der Waals surface area (Å²) in [5, 5.41) is 10.3. The van der Waals surface area contributed by atoms with Crippen LogP contribution in [0.25, 0.3) is 11.1 Å². The second-order valence-corrected chi connectivity index (χ2v) is 11.0. The lowest BCUT2D eigenvalue weighted by molar-refractivity contribution is -0.140. The van der Waals surface area contributed by atoms with Gasteiger partial charge in [0.1, 0.15) is 0 Å². The smallest absolute Gasteiger partial charge is 0.253 e. The Labute approximate surface area is 214 Å². The van der Waals surface area contributed by atoms with Crippen molar-refractivity contribution < 1.29 is 14.7 Å². The molecule has 2 aliphatic heterocycles. The van der Waals surface area contributed by atoms with E-state index in [1.807, 2.05) is 24.3 Å². The van der Waals surface area contributed by atoms with E-state index in [0.29, 0.717) is 11.5 Å². The van der Waals surface area contributed by atoms with Crippen LogP contribution in [0.3, 0.4) is 0 Å². The Morgan fingerprint density at radius 2 is 1.50 bits per heavy atom. The van der Waals surface area contributed by atoms with Crippen LogP contribution in [0.5, 0.6) is 0 Å². The first-order valence-electron chi connectivity index (χ1n) is 13.6. The second kappa shape index (κ2) is 10.7. The second-order valence-electron chi connectivity index (χ2n) is 11.0. The van der Waals surface area contributed by atoms with Gasteiger partial charge in [-0.25, -0.2) is 0 Å². The van der Waals surface area contributed by atoms with Gasteiger partial charge in [-0.15, -0.1) is 0 Å². The van der Waals surface area contributed by atoms with Crippen molar-refractivity contribution >= 4 is 11.8 Å². The molecule has 2 amide bonds. The van der Waals surface area contributed by atoms with Crippen LogP contribution in [0.4, 0.5) is 0 Å². The zero-order chi connectivity index (χ0) is 25.2. The van der Waals surface area contributed by atoms with Crippen molar-refractivity contribution in [2.24, 2.45) is 5.92 Å². The topological polar surface area (TPSA) is 64.1 Å². The summed E-state index contributed by atoms with van der Waals surface area (Å²) in [6.07, 6.45) is 6.54. The Morgan fingerprint density at radius 1 is 0.889 bits per heavy atom. The number of amides is 2. The lowest BCUT2D eigenvalue weighted by Gasteiger charge is -2.57. The Morgan fingerprint density at radius 3 is 2.11 bits per heavy atom. The molecule has 6 nitrogen and oxygen atoms in total. The van der Waals surface area contributed by atoms with Gasteiger partial charge in [0.25, 0.3) is 5.91 Å². The summed E-state index contributed by atoms with van der Waals surface area (Å²) in [5.74, 6) is 0.790. The zero-order valence-electron chi connectivity index (χ0n) is 21.6. The summed E-state index contributed by atoms with van der Waals surface area (Å²) in [6.45, 7) is 2.76. The van der Waals surface area contributed by atoms with Gasteiger partial charge in [-0.2, -0.15) is 0 Å². The number of aliphatic hydroxyl groups excluding tert-OH is 1. The van der Waals surface area contributed by atoms with Crippen molar-refractivity contribution in [3.05, 3.63) is 59.7 Å². The molecule has 1 saturated carbocycles. The largest absolute Gasteiger partial charge is 0.395 e. The van der Waals surface area contributed by atoms with Gasteiger partial charge in [0.2, 0.25) is 5.91 Å². The average Bonchev–Trinajstić information content (AvgIpc) is 3.42. The molecular weight excluding hydrogens is 450 g/mol. The molecular formula is C30H39N3O3. The van der Waals surface area contributed by atoms with Crippen LogP contribution < -0.4 is 0 Å². The maximum atomic E-state index is 13.3. The summed E-state index contributed by atoms with van der Waals surface area (Å²) >= 11 is 0. The molecule has 192 valence electrons. The molecule has 6 heteroatoms. The zero-order valence-corrected chi connectivity index (χ0v) is 21.6. The number of hydrogen-bond donors (Lipinski definition) is 1. The van der Waals surface area contributed by atoms with E-state index in [2.05, 4.69) is 34.1 Å². The number of carbonyl (C=O) groups excluding carboxylic acids is 2. The third kappa shape index (κ3) is 4.81. The van der Waals surface area contributed by atoms with Crippen LogP contribution in [-0.4, -0.2) is 84.0 Å². The number of hydrogen-bond acceptors (Lipinski definition) is 4. The molecule has 2 heterocycles. The minimum Gasteiger partial charge on any atom is -0.395 e. The first kappa shape index (κ1) is 25.0. The third-order valence-corrected chi connectivity index (χ3v) is 8.55. The summed E-state index contributed by atoms with van der Waals surface area (Å²) in [6, 6.07) is 16.8. The molecule has 3 aliphatic rings. The van der Waals surface area contributed by atoms with E-state index < -0.39 is 0 Å². The molecule has 3 atom stereocenters.